The number of anilines is 1. The first-order valence-electron chi connectivity index (χ1n) is 21.5. The Labute approximate surface area is 365 Å². The number of fused-ring (bicyclic) bond motifs is 1. The topological polar surface area (TPSA) is 196 Å². The summed E-state index contributed by atoms with van der Waals surface area (Å²) in [5.41, 5.74) is 3.93. The summed E-state index contributed by atoms with van der Waals surface area (Å²) in [5.74, 6) is -1.36. The number of pyridine rings is 1. The Morgan fingerprint density at radius 3 is 1.92 bits per heavy atom. The molecule has 338 valence electrons. The van der Waals surface area contributed by atoms with E-state index in [-0.39, 0.29) is 31.2 Å². The minimum atomic E-state index is -1.08. The molecule has 0 fully saturated rings. The number of aryl methyl sites for hydroxylation is 1. The van der Waals surface area contributed by atoms with Gasteiger partial charge in [-0.15, -0.1) is 0 Å². The number of hydrogen-bond acceptors (Lipinski definition) is 11. The second-order valence-corrected chi connectivity index (χ2v) is 13.9. The minimum absolute atomic E-state index is 0.212. The van der Waals surface area contributed by atoms with Gasteiger partial charge in [-0.3, -0.25) is 19.2 Å². The van der Waals surface area contributed by atoms with Crippen molar-refractivity contribution in [3.8, 4) is 11.1 Å². The molecule has 15 heteroatoms. The Morgan fingerprint density at radius 2 is 1.31 bits per heavy atom. The molecule has 4 aromatic rings. The summed E-state index contributed by atoms with van der Waals surface area (Å²) in [5, 5.41) is 22.7. The third-order valence-electron chi connectivity index (χ3n) is 9.12. The lowest BCUT2D eigenvalue weighted by Crippen LogP contribution is -2.39. The smallest absolute Gasteiger partial charge is 0.305 e. The number of rotatable bonds is 30. The van der Waals surface area contributed by atoms with Crippen LogP contribution in [0.5, 0.6) is 0 Å². The van der Waals surface area contributed by atoms with Crippen LogP contribution in [0.1, 0.15) is 74.0 Å². The molecule has 0 bridgehead atoms. The van der Waals surface area contributed by atoms with Crippen LogP contribution in [-0.2, 0) is 38.1 Å². The van der Waals surface area contributed by atoms with E-state index in [1.54, 1.807) is 24.4 Å². The fraction of sp³-hybridized carbons (Fsp3) is 0.468. The van der Waals surface area contributed by atoms with E-state index in [0.717, 1.165) is 46.3 Å². The number of aliphatic carboxylic acids is 1. The van der Waals surface area contributed by atoms with E-state index in [0.29, 0.717) is 90.1 Å². The largest absolute Gasteiger partial charge is 0.481 e. The van der Waals surface area contributed by atoms with Crippen molar-refractivity contribution in [1.29, 1.82) is 0 Å². The van der Waals surface area contributed by atoms with Crippen molar-refractivity contribution in [2.75, 3.05) is 91.0 Å². The summed E-state index contributed by atoms with van der Waals surface area (Å²) in [6.07, 6.45) is 3.12. The van der Waals surface area contributed by atoms with Crippen molar-refractivity contribution in [3.05, 3.63) is 95.7 Å². The van der Waals surface area contributed by atoms with Gasteiger partial charge >= 0.3 is 5.97 Å². The Kier molecular flexibility index (Phi) is 25.1. The van der Waals surface area contributed by atoms with Crippen LogP contribution < -0.4 is 21.3 Å². The average Bonchev–Trinajstić information content (AvgIpc) is 3.28. The third-order valence-corrected chi connectivity index (χ3v) is 9.12. The van der Waals surface area contributed by atoms with Crippen LogP contribution >= 0.6 is 0 Å². The molecule has 0 aliphatic rings. The highest BCUT2D eigenvalue weighted by atomic mass is 16.6. The van der Waals surface area contributed by atoms with Crippen molar-refractivity contribution >= 4 is 40.3 Å². The van der Waals surface area contributed by atoms with Gasteiger partial charge < -0.3 is 50.1 Å². The summed E-state index contributed by atoms with van der Waals surface area (Å²) < 4.78 is 27.4. The Balaban J connectivity index is 0.00000504. The van der Waals surface area contributed by atoms with Crippen LogP contribution in [-0.4, -0.2) is 119 Å². The van der Waals surface area contributed by atoms with Gasteiger partial charge in [0.1, 0.15) is 5.82 Å². The molecule has 0 saturated heterocycles. The predicted octanol–water partition coefficient (Wildman–Crippen LogP) is 6.10. The van der Waals surface area contributed by atoms with Crippen molar-refractivity contribution in [3.63, 3.8) is 0 Å². The Bertz CT molecular complexity index is 1930. The molecule has 1 atom stereocenters. The number of carbonyl (C=O) groups excluding carboxylic acids is 3. The van der Waals surface area contributed by atoms with E-state index in [1.165, 1.54) is 0 Å². The minimum Gasteiger partial charge on any atom is -0.481 e. The van der Waals surface area contributed by atoms with Gasteiger partial charge in [-0.1, -0.05) is 75.4 Å². The van der Waals surface area contributed by atoms with Crippen molar-refractivity contribution in [2.45, 2.75) is 59.4 Å². The van der Waals surface area contributed by atoms with Crippen LogP contribution in [0.2, 0.25) is 0 Å². The molecule has 3 amide bonds. The summed E-state index contributed by atoms with van der Waals surface area (Å²) >= 11 is 0. The zero-order chi connectivity index (χ0) is 44.8. The van der Waals surface area contributed by atoms with Crippen LogP contribution in [0.25, 0.3) is 21.9 Å². The number of ether oxygens (including phenoxy) is 5. The molecule has 0 aliphatic heterocycles. The number of carboxylic acid groups (broad SMARTS) is 1. The highest BCUT2D eigenvalue weighted by molar-refractivity contribution is 6.11. The number of hydrogen-bond donors (Lipinski definition) is 5. The summed E-state index contributed by atoms with van der Waals surface area (Å²) in [6.45, 7) is 13.6. The number of carbonyl (C=O) groups is 4. The molecule has 4 rings (SSSR count). The van der Waals surface area contributed by atoms with E-state index in [9.17, 15) is 24.3 Å². The first kappa shape index (κ1) is 50.9. The third kappa shape index (κ3) is 19.5. The lowest BCUT2D eigenvalue weighted by atomic mass is 9.93. The van der Waals surface area contributed by atoms with Gasteiger partial charge in [-0.05, 0) is 71.0 Å². The first-order valence-corrected chi connectivity index (χ1v) is 21.5. The van der Waals surface area contributed by atoms with Gasteiger partial charge in [-0.2, -0.15) is 0 Å². The van der Waals surface area contributed by atoms with Crippen LogP contribution in [0.15, 0.2) is 79.0 Å². The number of nitrogens with zero attached hydrogens (tertiary/aromatic N) is 1. The lowest BCUT2D eigenvalue weighted by Gasteiger charge is -2.19. The summed E-state index contributed by atoms with van der Waals surface area (Å²) in [6, 6.07) is 21.6. The summed E-state index contributed by atoms with van der Waals surface area (Å²) in [4.78, 5) is 54.4. The fourth-order valence-corrected chi connectivity index (χ4v) is 6.14. The molecule has 0 radical (unpaired) electrons. The van der Waals surface area contributed by atoms with Crippen LogP contribution in [0.3, 0.4) is 0 Å². The molecule has 3 aromatic carbocycles. The maximum absolute atomic E-state index is 13.2. The molecule has 5 N–H and O–H groups in total. The van der Waals surface area contributed by atoms with Crippen molar-refractivity contribution < 1.29 is 48.0 Å². The second kappa shape index (κ2) is 30.6. The van der Waals surface area contributed by atoms with Gasteiger partial charge in [0.25, 0.3) is 5.91 Å². The zero-order valence-electron chi connectivity index (χ0n) is 36.7. The second-order valence-electron chi connectivity index (χ2n) is 13.9. The number of nitrogens with one attached hydrogen (secondary N) is 4. The Hall–Kier alpha value is -5.45. The number of benzene rings is 3. The number of amides is 3. The average molecular weight is 860 g/mol. The van der Waals surface area contributed by atoms with Gasteiger partial charge in [-0.25, -0.2) is 4.98 Å². The molecular weight excluding hydrogens is 795 g/mol. The van der Waals surface area contributed by atoms with Crippen LogP contribution in [0, 0.1) is 6.92 Å². The molecule has 0 saturated carbocycles. The van der Waals surface area contributed by atoms with E-state index >= 15 is 0 Å². The normalized spacial score (nSPS) is 11.3. The molecule has 0 unspecified atom stereocenters. The number of aromatic nitrogens is 1. The van der Waals surface area contributed by atoms with Crippen molar-refractivity contribution in [1.82, 2.24) is 20.9 Å². The van der Waals surface area contributed by atoms with Crippen molar-refractivity contribution in [2.24, 2.45) is 0 Å². The Morgan fingerprint density at radius 1 is 0.694 bits per heavy atom. The SMILES string of the molecule is CC.CCCOCCOCCOCCOCCOCCNC(=O)c1ccc(-c2ccc([C@H](CC(=O)O)NC(=O)CNC(=O)CCCNc3cc(C)ccn3)cc2)c2ccccc12. The van der Waals surface area contributed by atoms with Gasteiger partial charge in [0, 0.05) is 37.9 Å². The molecule has 0 spiro atoms. The monoisotopic (exact) mass is 859 g/mol. The molecule has 62 heavy (non-hydrogen) atoms. The standard InChI is InChI=1S/C45H59N5O10.C2H6/c1-3-20-56-22-24-58-26-28-60-29-27-59-25-23-57-21-19-48-45(55)39-15-14-36(37-7-4-5-8-38(37)39)34-10-12-35(13-11-34)40(31-44(53)54)50-43(52)32-49-42(51)9-6-17-46-41-30-33(2)16-18-47-41;1-2/h4-5,7-8,10-16,18,30,40H,3,6,9,17,19-29,31-32H2,1-2H3,(H,46,47)(H,48,55)(H,49,51)(H,50,52)(H,53,54);1-2H3/t40-;/m0./s1. The highest BCUT2D eigenvalue weighted by Crippen LogP contribution is 2.32. The molecule has 1 heterocycles. The predicted molar refractivity (Wildman–Crippen MR) is 240 cm³/mol. The fourth-order valence-electron chi connectivity index (χ4n) is 6.14. The lowest BCUT2D eigenvalue weighted by molar-refractivity contribution is -0.138. The van der Waals surface area contributed by atoms with Gasteiger partial charge in [0.15, 0.2) is 0 Å². The van der Waals surface area contributed by atoms with E-state index in [4.69, 9.17) is 23.7 Å². The maximum Gasteiger partial charge on any atom is 0.305 e. The molecule has 1 aromatic heterocycles. The molecule has 0 aliphatic carbocycles. The summed E-state index contributed by atoms with van der Waals surface area (Å²) in [7, 11) is 0. The van der Waals surface area contributed by atoms with Gasteiger partial charge in [0.05, 0.1) is 78.5 Å². The van der Waals surface area contributed by atoms with E-state index < -0.39 is 17.9 Å². The quantitative estimate of drug-likeness (QED) is 0.0379. The van der Waals surface area contributed by atoms with Gasteiger partial charge in [0.2, 0.25) is 11.8 Å². The maximum atomic E-state index is 13.2. The highest BCUT2D eigenvalue weighted by Gasteiger charge is 2.20. The first-order chi connectivity index (χ1) is 30.2. The zero-order valence-corrected chi connectivity index (χ0v) is 36.7. The van der Waals surface area contributed by atoms with E-state index in [2.05, 4.69) is 33.2 Å². The van der Waals surface area contributed by atoms with E-state index in [1.807, 2.05) is 75.4 Å². The number of carboxylic acids is 1. The molecular formula is C47H65N5O10. The molecule has 15 nitrogen and oxygen atoms in total. The van der Waals surface area contributed by atoms with Crippen LogP contribution in [0.4, 0.5) is 5.82 Å².